The summed E-state index contributed by atoms with van der Waals surface area (Å²) in [5.74, 6) is 0.331. The molecule has 2 rings (SSSR count). The smallest absolute Gasteiger partial charge is 0.203 e. The fraction of sp³-hybridized carbons (Fsp3) is 0.632. The van der Waals surface area contributed by atoms with Crippen molar-refractivity contribution in [2.24, 2.45) is 5.92 Å². The van der Waals surface area contributed by atoms with Crippen molar-refractivity contribution in [1.82, 2.24) is 5.32 Å². The van der Waals surface area contributed by atoms with E-state index in [1.807, 2.05) is 25.1 Å². The Morgan fingerprint density at radius 2 is 2.04 bits per heavy atom. The third-order valence-corrected chi connectivity index (χ3v) is 7.02. The molecule has 1 aromatic carbocycles. The van der Waals surface area contributed by atoms with Gasteiger partial charge in [0, 0.05) is 18.7 Å². The molecule has 0 bridgehead atoms. The van der Waals surface area contributed by atoms with E-state index in [0.717, 1.165) is 31.2 Å². The van der Waals surface area contributed by atoms with Crippen LogP contribution in [0.5, 0.6) is 0 Å². The number of nitrogens with one attached hydrogen (secondary N) is 1. The van der Waals surface area contributed by atoms with Gasteiger partial charge in [0.25, 0.3) is 0 Å². The molecule has 26 heavy (non-hydrogen) atoms. The molecule has 146 valence electrons. The van der Waals surface area contributed by atoms with Crippen LogP contribution in [0.25, 0.3) is 0 Å². The predicted octanol–water partition coefficient (Wildman–Crippen LogP) is 4.00. The summed E-state index contributed by atoms with van der Waals surface area (Å²) >= 11 is 0. The van der Waals surface area contributed by atoms with Gasteiger partial charge < -0.3 is 15.3 Å². The molecule has 1 aromatic rings. The second-order valence-electron chi connectivity index (χ2n) is 7.24. The van der Waals surface area contributed by atoms with E-state index in [-0.39, 0.29) is 35.7 Å². The lowest BCUT2D eigenvalue weighted by Crippen LogP contribution is -2.32. The summed E-state index contributed by atoms with van der Waals surface area (Å²) in [5.41, 5.74) is 1.56. The molecule has 5 nitrogen and oxygen atoms in total. The lowest BCUT2D eigenvalue weighted by molar-refractivity contribution is 0.186. The number of nitriles is 1. The van der Waals surface area contributed by atoms with Crippen LogP contribution in [0.15, 0.2) is 24.3 Å². The van der Waals surface area contributed by atoms with Gasteiger partial charge in [-0.05, 0) is 43.4 Å². The summed E-state index contributed by atoms with van der Waals surface area (Å²) in [6.45, 7) is 2.21. The fourth-order valence-corrected chi connectivity index (χ4v) is 5.66. The van der Waals surface area contributed by atoms with Crippen molar-refractivity contribution < 1.29 is 14.6 Å². The third kappa shape index (κ3) is 7.90. The molecule has 0 radical (unpaired) electrons. The minimum absolute atomic E-state index is 0. The third-order valence-electron chi connectivity index (χ3n) is 4.94. The first-order valence-electron chi connectivity index (χ1n) is 9.12. The van der Waals surface area contributed by atoms with Gasteiger partial charge in [0.15, 0.2) is 0 Å². The first kappa shape index (κ1) is 23.3. The summed E-state index contributed by atoms with van der Waals surface area (Å²) < 4.78 is 12.4. The Hall–Kier alpha value is -0.700. The highest BCUT2D eigenvalue weighted by atomic mass is 79.9. The number of halogens is 1. The normalized spacial score (nSPS) is 19.6. The van der Waals surface area contributed by atoms with Gasteiger partial charge in [0.05, 0.1) is 23.9 Å². The Kier molecular flexibility index (Phi) is 10.1. The van der Waals surface area contributed by atoms with Crippen molar-refractivity contribution in [2.45, 2.75) is 51.2 Å². The molecule has 3 N–H and O–H groups in total. The van der Waals surface area contributed by atoms with Crippen molar-refractivity contribution in [3.8, 4) is 6.07 Å². The highest BCUT2D eigenvalue weighted by molar-refractivity contribution is 8.93. The standard InChI is InChI=1S/C19H29N2O3P.BrH/c1-15(18-9-5-8-17(10-18)11-20)21-12-19(22)14-25(23,24)13-16-6-3-2-4-7-16;/h5,8-10,15-16,19,21-22H,2-4,6-7,12-14H2,1H3,(H,23,24);1H/t15-,19+;/m0./s1. The molecule has 0 aromatic heterocycles. The predicted molar refractivity (Wildman–Crippen MR) is 110 cm³/mol. The van der Waals surface area contributed by atoms with Crippen LogP contribution < -0.4 is 5.32 Å². The van der Waals surface area contributed by atoms with E-state index < -0.39 is 13.5 Å². The molecule has 0 amide bonds. The van der Waals surface area contributed by atoms with Crippen LogP contribution in [0.2, 0.25) is 0 Å². The van der Waals surface area contributed by atoms with Gasteiger partial charge in [-0.2, -0.15) is 5.26 Å². The van der Waals surface area contributed by atoms with E-state index in [1.54, 1.807) is 6.07 Å². The minimum atomic E-state index is -3.29. The van der Waals surface area contributed by atoms with Gasteiger partial charge in [-0.15, -0.1) is 17.0 Å². The van der Waals surface area contributed by atoms with Crippen LogP contribution in [-0.4, -0.2) is 35.0 Å². The maximum Gasteiger partial charge on any atom is 0.203 e. The summed E-state index contributed by atoms with van der Waals surface area (Å²) in [7, 11) is -3.29. The van der Waals surface area contributed by atoms with Crippen LogP contribution in [0, 0.1) is 17.2 Å². The van der Waals surface area contributed by atoms with Gasteiger partial charge in [-0.1, -0.05) is 31.4 Å². The highest BCUT2D eigenvalue weighted by Crippen LogP contribution is 2.45. The molecule has 0 heterocycles. The van der Waals surface area contributed by atoms with Crippen molar-refractivity contribution in [2.75, 3.05) is 18.9 Å². The summed E-state index contributed by atoms with van der Waals surface area (Å²) in [5, 5.41) is 22.3. The number of hydrogen-bond acceptors (Lipinski definition) is 4. The topological polar surface area (TPSA) is 93.3 Å². The quantitative estimate of drug-likeness (QED) is 0.526. The average molecular weight is 445 g/mol. The molecule has 1 fully saturated rings. The van der Waals surface area contributed by atoms with Crippen molar-refractivity contribution in [1.29, 1.82) is 5.26 Å². The number of hydrogen-bond donors (Lipinski definition) is 3. The molecule has 0 aliphatic heterocycles. The minimum Gasteiger partial charge on any atom is -0.391 e. The van der Waals surface area contributed by atoms with Gasteiger partial charge in [0.1, 0.15) is 0 Å². The Morgan fingerprint density at radius 1 is 1.35 bits per heavy atom. The number of rotatable bonds is 8. The monoisotopic (exact) mass is 444 g/mol. The Bertz CT molecular complexity index is 644. The van der Waals surface area contributed by atoms with Crippen molar-refractivity contribution >= 4 is 24.4 Å². The van der Waals surface area contributed by atoms with Crippen molar-refractivity contribution in [3.05, 3.63) is 35.4 Å². The molecule has 1 unspecified atom stereocenters. The first-order valence-corrected chi connectivity index (χ1v) is 11.1. The summed E-state index contributed by atoms with van der Waals surface area (Å²) in [6, 6.07) is 9.37. The average Bonchev–Trinajstić information content (AvgIpc) is 2.59. The molecule has 1 aliphatic rings. The lowest BCUT2D eigenvalue weighted by Gasteiger charge is -2.25. The number of nitrogens with zero attached hydrogens (tertiary/aromatic N) is 1. The number of aliphatic hydroxyl groups is 1. The van der Waals surface area contributed by atoms with E-state index in [4.69, 9.17) is 5.26 Å². The summed E-state index contributed by atoms with van der Waals surface area (Å²) in [4.78, 5) is 10.2. The molecule has 0 saturated heterocycles. The zero-order valence-electron chi connectivity index (χ0n) is 15.3. The SMILES string of the molecule is Br.C[C@H](NC[C@@H](O)CP(=O)(O)CC1CCCCC1)c1cccc(C#N)c1. The molecule has 7 heteroatoms. The number of benzene rings is 1. The molecule has 1 saturated carbocycles. The Balaban J connectivity index is 0.00000338. The second-order valence-corrected chi connectivity index (χ2v) is 9.66. The number of aliphatic hydroxyl groups excluding tert-OH is 1. The Morgan fingerprint density at radius 3 is 2.69 bits per heavy atom. The largest absolute Gasteiger partial charge is 0.391 e. The van der Waals surface area contributed by atoms with E-state index >= 15 is 0 Å². The molecule has 1 aliphatic carbocycles. The van der Waals surface area contributed by atoms with E-state index in [2.05, 4.69) is 11.4 Å². The van der Waals surface area contributed by atoms with Crippen LogP contribution >= 0.6 is 24.4 Å². The van der Waals surface area contributed by atoms with E-state index in [0.29, 0.717) is 17.6 Å². The van der Waals surface area contributed by atoms with Gasteiger partial charge in [0.2, 0.25) is 7.37 Å². The highest BCUT2D eigenvalue weighted by Gasteiger charge is 2.28. The van der Waals surface area contributed by atoms with E-state index in [9.17, 15) is 14.6 Å². The maximum atomic E-state index is 12.4. The zero-order chi connectivity index (χ0) is 18.3. The van der Waals surface area contributed by atoms with Gasteiger partial charge in [-0.25, -0.2) is 0 Å². The van der Waals surface area contributed by atoms with Crippen LogP contribution in [0.3, 0.4) is 0 Å². The zero-order valence-corrected chi connectivity index (χ0v) is 17.9. The maximum absolute atomic E-state index is 12.4. The molecule has 0 spiro atoms. The molecular formula is C19H30BrN2O3P. The van der Waals surface area contributed by atoms with Crippen LogP contribution in [0.4, 0.5) is 0 Å². The van der Waals surface area contributed by atoms with Crippen molar-refractivity contribution in [3.63, 3.8) is 0 Å². The Labute approximate surface area is 167 Å². The van der Waals surface area contributed by atoms with Crippen LogP contribution in [0.1, 0.15) is 56.2 Å². The first-order chi connectivity index (χ1) is 11.9. The van der Waals surface area contributed by atoms with Crippen LogP contribution in [-0.2, 0) is 4.57 Å². The van der Waals surface area contributed by atoms with Gasteiger partial charge >= 0.3 is 0 Å². The molecule has 3 atom stereocenters. The fourth-order valence-electron chi connectivity index (χ4n) is 3.55. The second kappa shape index (κ2) is 11.2. The lowest BCUT2D eigenvalue weighted by atomic mass is 9.91. The van der Waals surface area contributed by atoms with Gasteiger partial charge in [-0.3, -0.25) is 4.57 Å². The molecular weight excluding hydrogens is 415 g/mol. The van der Waals surface area contributed by atoms with E-state index in [1.165, 1.54) is 6.42 Å². The summed E-state index contributed by atoms with van der Waals surface area (Å²) in [6.07, 6.45) is 5.02.